The van der Waals surface area contributed by atoms with Crippen LogP contribution in [0.25, 0.3) is 10.1 Å². The van der Waals surface area contributed by atoms with Crippen molar-refractivity contribution >= 4 is 44.6 Å². The molecule has 74 valence electrons. The molecule has 3 heteroatoms. The molecule has 1 aromatic carbocycles. The van der Waals surface area contributed by atoms with E-state index >= 15 is 0 Å². The fourth-order valence-corrected chi connectivity index (χ4v) is 3.05. The Hall–Kier alpha value is -0.240. The van der Waals surface area contributed by atoms with Gasteiger partial charge in [-0.1, -0.05) is 18.5 Å². The van der Waals surface area contributed by atoms with Crippen LogP contribution in [-0.4, -0.2) is 0 Å². The molecule has 1 heterocycles. The van der Waals surface area contributed by atoms with E-state index in [1.165, 1.54) is 21.2 Å². The van der Waals surface area contributed by atoms with Gasteiger partial charge in [-0.3, -0.25) is 0 Å². The average Bonchev–Trinajstić information content (AvgIpc) is 2.54. The summed E-state index contributed by atoms with van der Waals surface area (Å²) in [5.41, 5.74) is 2.54. The smallest absolute Gasteiger partial charge is 0.0940 e. The third kappa shape index (κ3) is 1.77. The second-order valence-electron chi connectivity index (χ2n) is 3.20. The van der Waals surface area contributed by atoms with Crippen LogP contribution in [0.3, 0.4) is 0 Å². The van der Waals surface area contributed by atoms with Crippen LogP contribution in [0.15, 0.2) is 18.2 Å². The van der Waals surface area contributed by atoms with Crippen LogP contribution in [0, 0.1) is 0 Å². The van der Waals surface area contributed by atoms with Crippen molar-refractivity contribution in [2.45, 2.75) is 19.2 Å². The number of halogens is 2. The molecule has 0 amide bonds. The van der Waals surface area contributed by atoms with Gasteiger partial charge in [-0.05, 0) is 41.1 Å². The van der Waals surface area contributed by atoms with E-state index in [1.807, 2.05) is 6.07 Å². The Morgan fingerprint density at radius 3 is 2.64 bits per heavy atom. The molecule has 0 fully saturated rings. The number of hydrogen-bond acceptors (Lipinski definition) is 1. The first kappa shape index (κ1) is 10.3. The minimum Gasteiger partial charge on any atom is -0.123 e. The van der Waals surface area contributed by atoms with Gasteiger partial charge in [0.2, 0.25) is 0 Å². The van der Waals surface area contributed by atoms with Crippen LogP contribution >= 0.6 is 34.5 Å². The number of benzene rings is 1. The summed E-state index contributed by atoms with van der Waals surface area (Å²) in [6.07, 6.45) is 1.02. The van der Waals surface area contributed by atoms with E-state index in [2.05, 4.69) is 19.1 Å². The average molecular weight is 245 g/mol. The molecule has 0 saturated heterocycles. The summed E-state index contributed by atoms with van der Waals surface area (Å²) in [7, 11) is 0. The van der Waals surface area contributed by atoms with E-state index in [9.17, 15) is 0 Å². The van der Waals surface area contributed by atoms with Gasteiger partial charge in [0.1, 0.15) is 0 Å². The fraction of sp³-hybridized carbons (Fsp3) is 0.273. The predicted molar refractivity (Wildman–Crippen MR) is 65.8 cm³/mol. The van der Waals surface area contributed by atoms with E-state index < -0.39 is 0 Å². The van der Waals surface area contributed by atoms with Crippen LogP contribution in [0.2, 0.25) is 4.34 Å². The molecular formula is C11H10Cl2S. The summed E-state index contributed by atoms with van der Waals surface area (Å²) in [6.45, 7) is 2.15. The highest BCUT2D eigenvalue weighted by Gasteiger charge is 2.05. The number of thiophene rings is 1. The molecule has 0 nitrogen and oxygen atoms in total. The highest BCUT2D eigenvalue weighted by molar-refractivity contribution is 7.22. The molecule has 0 saturated carbocycles. The van der Waals surface area contributed by atoms with Crippen molar-refractivity contribution in [1.82, 2.24) is 0 Å². The second-order valence-corrected chi connectivity index (χ2v) is 5.18. The van der Waals surface area contributed by atoms with Gasteiger partial charge in [-0.15, -0.1) is 22.9 Å². The zero-order chi connectivity index (χ0) is 10.1. The summed E-state index contributed by atoms with van der Waals surface area (Å²) in [5.74, 6) is 0.576. The molecule has 0 atom stereocenters. The van der Waals surface area contributed by atoms with Crippen molar-refractivity contribution in [3.63, 3.8) is 0 Å². The number of hydrogen-bond donors (Lipinski definition) is 0. The van der Waals surface area contributed by atoms with Crippen molar-refractivity contribution in [3.8, 4) is 0 Å². The van der Waals surface area contributed by atoms with Crippen LogP contribution in [-0.2, 0) is 12.3 Å². The van der Waals surface area contributed by atoms with Gasteiger partial charge < -0.3 is 0 Å². The lowest BCUT2D eigenvalue weighted by molar-refractivity contribution is 1.11. The first-order chi connectivity index (χ1) is 6.74. The molecule has 0 unspecified atom stereocenters. The molecule has 0 bridgehead atoms. The van der Waals surface area contributed by atoms with Crippen LogP contribution in [0.5, 0.6) is 0 Å². The second kappa shape index (κ2) is 4.09. The van der Waals surface area contributed by atoms with E-state index in [0.29, 0.717) is 5.88 Å². The Bertz CT molecular complexity index is 419. The zero-order valence-electron chi connectivity index (χ0n) is 7.81. The lowest BCUT2D eigenvalue weighted by atomic mass is 10.0. The van der Waals surface area contributed by atoms with Crippen molar-refractivity contribution < 1.29 is 0 Å². The molecule has 0 aliphatic heterocycles. The largest absolute Gasteiger partial charge is 0.123 e. The van der Waals surface area contributed by atoms with E-state index in [4.69, 9.17) is 23.2 Å². The first-order valence-corrected chi connectivity index (χ1v) is 6.24. The SMILES string of the molecule is CCc1cc2sc(Cl)cc2cc1CCl. The Morgan fingerprint density at radius 1 is 1.21 bits per heavy atom. The number of fused-ring (bicyclic) bond motifs is 1. The zero-order valence-corrected chi connectivity index (χ0v) is 10.1. The Kier molecular flexibility index (Phi) is 3.01. The van der Waals surface area contributed by atoms with Gasteiger partial charge in [0.05, 0.1) is 4.34 Å². The maximum atomic E-state index is 5.96. The highest BCUT2D eigenvalue weighted by atomic mass is 35.5. The van der Waals surface area contributed by atoms with Crippen molar-refractivity contribution in [1.29, 1.82) is 0 Å². The van der Waals surface area contributed by atoms with Crippen LogP contribution in [0.4, 0.5) is 0 Å². The van der Waals surface area contributed by atoms with E-state index in [1.54, 1.807) is 11.3 Å². The molecule has 2 rings (SSSR count). The summed E-state index contributed by atoms with van der Waals surface area (Å²) < 4.78 is 2.09. The highest BCUT2D eigenvalue weighted by Crippen LogP contribution is 2.32. The predicted octanol–water partition coefficient (Wildman–Crippen LogP) is 4.86. The third-order valence-corrected chi connectivity index (χ3v) is 3.85. The maximum Gasteiger partial charge on any atom is 0.0940 e. The van der Waals surface area contributed by atoms with Crippen molar-refractivity contribution in [3.05, 3.63) is 33.7 Å². The minimum absolute atomic E-state index is 0.576. The molecular weight excluding hydrogens is 235 g/mol. The molecule has 0 aliphatic rings. The lowest BCUT2D eigenvalue weighted by Gasteiger charge is -2.04. The number of alkyl halides is 1. The van der Waals surface area contributed by atoms with E-state index in [-0.39, 0.29) is 0 Å². The summed E-state index contributed by atoms with van der Waals surface area (Å²) >= 11 is 13.5. The van der Waals surface area contributed by atoms with Gasteiger partial charge in [0, 0.05) is 10.6 Å². The van der Waals surface area contributed by atoms with Crippen molar-refractivity contribution in [2.75, 3.05) is 0 Å². The molecule has 0 spiro atoms. The van der Waals surface area contributed by atoms with Gasteiger partial charge in [-0.25, -0.2) is 0 Å². The normalized spacial score (nSPS) is 11.1. The number of rotatable bonds is 2. The van der Waals surface area contributed by atoms with E-state index in [0.717, 1.165) is 10.8 Å². The molecule has 2 aromatic rings. The maximum absolute atomic E-state index is 5.96. The molecule has 14 heavy (non-hydrogen) atoms. The minimum atomic E-state index is 0.576. The van der Waals surface area contributed by atoms with Gasteiger partial charge in [0.15, 0.2) is 0 Å². The quantitative estimate of drug-likeness (QED) is 0.663. The van der Waals surface area contributed by atoms with Gasteiger partial charge >= 0.3 is 0 Å². The van der Waals surface area contributed by atoms with Crippen LogP contribution in [0.1, 0.15) is 18.1 Å². The Balaban J connectivity index is 2.68. The summed E-state index contributed by atoms with van der Waals surface area (Å²) in [6, 6.07) is 6.34. The molecule has 1 aromatic heterocycles. The summed E-state index contributed by atoms with van der Waals surface area (Å²) in [4.78, 5) is 0. The summed E-state index contributed by atoms with van der Waals surface area (Å²) in [5, 5.41) is 1.20. The lowest BCUT2D eigenvalue weighted by Crippen LogP contribution is -1.88. The first-order valence-electron chi connectivity index (χ1n) is 4.51. The van der Waals surface area contributed by atoms with Crippen molar-refractivity contribution in [2.24, 2.45) is 0 Å². The topological polar surface area (TPSA) is 0 Å². The van der Waals surface area contributed by atoms with Gasteiger partial charge in [0.25, 0.3) is 0 Å². The third-order valence-electron chi connectivity index (χ3n) is 2.33. The Morgan fingerprint density at radius 2 is 2.00 bits per heavy atom. The Labute approximate surface area is 97.5 Å². The molecule has 0 N–H and O–H groups in total. The standard InChI is InChI=1S/C11H10Cl2S/c1-2-7-4-10-8(3-9(7)6-12)5-11(13)14-10/h3-5H,2,6H2,1H3. The number of aryl methyl sites for hydroxylation is 1. The molecule has 0 radical (unpaired) electrons. The van der Waals surface area contributed by atoms with Crippen LogP contribution < -0.4 is 0 Å². The monoisotopic (exact) mass is 244 g/mol. The van der Waals surface area contributed by atoms with Gasteiger partial charge in [-0.2, -0.15) is 0 Å². The fourth-order valence-electron chi connectivity index (χ4n) is 1.60. The molecule has 0 aliphatic carbocycles.